The predicted octanol–water partition coefficient (Wildman–Crippen LogP) is 5.31. The van der Waals surface area contributed by atoms with Gasteiger partial charge in [0.1, 0.15) is 0 Å². The van der Waals surface area contributed by atoms with E-state index in [-0.39, 0.29) is 10.7 Å². The zero-order valence-electron chi connectivity index (χ0n) is 21.4. The van der Waals surface area contributed by atoms with Crippen LogP contribution in [0, 0.1) is 13.8 Å². The molecule has 1 aliphatic heterocycles. The highest BCUT2D eigenvalue weighted by Gasteiger charge is 2.62. The highest BCUT2D eigenvalue weighted by molar-refractivity contribution is 7.03. The minimum Gasteiger partial charge on any atom is -0.324 e. The van der Waals surface area contributed by atoms with Gasteiger partial charge in [-0.25, -0.2) is 0 Å². The Bertz CT molecular complexity index is 1140. The van der Waals surface area contributed by atoms with Crippen molar-refractivity contribution in [3.63, 3.8) is 0 Å². The van der Waals surface area contributed by atoms with E-state index in [1.54, 1.807) is 0 Å². The van der Waals surface area contributed by atoms with Crippen LogP contribution in [-0.2, 0) is 5.16 Å². The number of nitrogens with one attached hydrogen (secondary N) is 1. The summed E-state index contributed by atoms with van der Waals surface area (Å²) in [5.41, 5.74) is 5.38. The van der Waals surface area contributed by atoms with E-state index in [4.69, 9.17) is 0 Å². The number of hydrogen-bond donors (Lipinski definition) is 1. The molecule has 0 saturated carbocycles. The average Bonchev–Trinajstić information content (AvgIpc) is 3.47. The molecule has 1 heterocycles. The lowest BCUT2D eigenvalue weighted by Crippen LogP contribution is -2.84. The van der Waals surface area contributed by atoms with Crippen molar-refractivity contribution in [2.24, 2.45) is 0 Å². The maximum absolute atomic E-state index is 4.39. The zero-order valence-corrected chi connectivity index (χ0v) is 22.4. The Kier molecular flexibility index (Phi) is 5.92. The number of hydrogen-bond acceptors (Lipinski definition) is 2. The van der Waals surface area contributed by atoms with Crippen LogP contribution in [0.15, 0.2) is 78.9 Å². The Morgan fingerprint density at radius 2 is 1.29 bits per heavy atom. The summed E-state index contributed by atoms with van der Waals surface area (Å²) in [6, 6.07) is 28.0. The Hall–Kier alpha value is -2.46. The van der Waals surface area contributed by atoms with Crippen molar-refractivity contribution in [1.29, 1.82) is 0 Å². The van der Waals surface area contributed by atoms with Gasteiger partial charge < -0.3 is 4.98 Å². The Morgan fingerprint density at radius 3 is 1.82 bits per heavy atom. The van der Waals surface area contributed by atoms with E-state index in [9.17, 15) is 0 Å². The highest BCUT2D eigenvalue weighted by Crippen LogP contribution is 2.46. The Balaban J connectivity index is 1.92. The molecule has 0 bridgehead atoms. The third kappa shape index (κ3) is 3.71. The SMILES string of the molecule is Cc1ccc([Si](NC(C)(C)C)(c2ccc(C)cc2)C2(N3CCCC3)C=Cc3ccccc32)cc1. The Morgan fingerprint density at radius 1 is 0.765 bits per heavy atom. The van der Waals surface area contributed by atoms with Gasteiger partial charge in [-0.05, 0) is 82.1 Å². The maximum Gasteiger partial charge on any atom is 0.219 e. The van der Waals surface area contributed by atoms with E-state index in [0.29, 0.717) is 0 Å². The molecule has 34 heavy (non-hydrogen) atoms. The van der Waals surface area contributed by atoms with E-state index >= 15 is 0 Å². The maximum atomic E-state index is 4.39. The topological polar surface area (TPSA) is 15.3 Å². The molecular weight excluding hydrogens is 428 g/mol. The lowest BCUT2D eigenvalue weighted by atomic mass is 10.1. The molecule has 1 saturated heterocycles. The molecule has 0 amide bonds. The van der Waals surface area contributed by atoms with Crippen LogP contribution in [0.2, 0.25) is 0 Å². The van der Waals surface area contributed by atoms with Crippen molar-refractivity contribution in [3.05, 3.63) is 101 Å². The van der Waals surface area contributed by atoms with E-state index in [1.807, 2.05) is 0 Å². The number of aryl methyl sites for hydroxylation is 2. The van der Waals surface area contributed by atoms with Gasteiger partial charge in [0.15, 0.2) is 0 Å². The minimum absolute atomic E-state index is 0.0555. The summed E-state index contributed by atoms with van der Waals surface area (Å²) in [4.78, 5) is 7.19. The van der Waals surface area contributed by atoms with Crippen molar-refractivity contribution < 1.29 is 0 Å². The second-order valence-electron chi connectivity index (χ2n) is 11.2. The zero-order chi connectivity index (χ0) is 24.0. The summed E-state index contributed by atoms with van der Waals surface area (Å²) < 4.78 is 0. The molecule has 3 heteroatoms. The molecule has 3 aromatic rings. The van der Waals surface area contributed by atoms with Gasteiger partial charge in [0.25, 0.3) is 0 Å². The first-order valence-electron chi connectivity index (χ1n) is 12.7. The van der Waals surface area contributed by atoms with Crippen molar-refractivity contribution in [2.45, 2.75) is 58.2 Å². The molecule has 3 aromatic carbocycles. The van der Waals surface area contributed by atoms with E-state index in [2.05, 4.69) is 129 Å². The molecule has 2 nitrogen and oxygen atoms in total. The Labute approximate surface area is 206 Å². The third-order valence-corrected chi connectivity index (χ3v) is 13.0. The first-order valence-corrected chi connectivity index (χ1v) is 14.7. The van der Waals surface area contributed by atoms with Crippen LogP contribution in [0.5, 0.6) is 0 Å². The summed E-state index contributed by atoms with van der Waals surface area (Å²) in [6.45, 7) is 13.7. The molecule has 5 rings (SSSR count). The lowest BCUT2D eigenvalue weighted by Gasteiger charge is -2.55. The number of likely N-dealkylation sites (tertiary alicyclic amines) is 1. The van der Waals surface area contributed by atoms with Crippen molar-refractivity contribution in [2.75, 3.05) is 13.1 Å². The van der Waals surface area contributed by atoms with Crippen LogP contribution < -0.4 is 15.4 Å². The number of benzene rings is 3. The summed E-state index contributed by atoms with van der Waals surface area (Å²) in [5, 5.41) is 2.70. The normalized spacial score (nSPS) is 20.6. The number of nitrogens with zero attached hydrogens (tertiary/aromatic N) is 1. The first kappa shape index (κ1) is 23.3. The van der Waals surface area contributed by atoms with Crippen LogP contribution in [-0.4, -0.2) is 31.8 Å². The highest BCUT2D eigenvalue weighted by atomic mass is 28.3. The molecular formula is C31H38N2Si. The van der Waals surface area contributed by atoms with Gasteiger partial charge in [0.05, 0.1) is 5.16 Å². The largest absolute Gasteiger partial charge is 0.324 e. The molecule has 1 fully saturated rings. The summed E-state index contributed by atoms with van der Waals surface area (Å²) in [5.74, 6) is 0. The fourth-order valence-corrected chi connectivity index (χ4v) is 12.0. The molecule has 0 spiro atoms. The third-order valence-electron chi connectivity index (χ3n) is 7.58. The van der Waals surface area contributed by atoms with Crippen molar-refractivity contribution in [1.82, 2.24) is 9.88 Å². The molecule has 2 aliphatic rings. The quantitative estimate of drug-likeness (QED) is 0.513. The molecule has 1 atom stereocenters. The van der Waals surface area contributed by atoms with E-state index in [0.717, 1.165) is 13.1 Å². The first-order chi connectivity index (χ1) is 16.3. The molecule has 176 valence electrons. The van der Waals surface area contributed by atoms with Gasteiger partial charge in [0, 0.05) is 5.54 Å². The summed E-state index contributed by atoms with van der Waals surface area (Å²) in [7, 11) is -2.67. The summed E-state index contributed by atoms with van der Waals surface area (Å²) in [6.07, 6.45) is 7.48. The van der Waals surface area contributed by atoms with Gasteiger partial charge in [-0.3, -0.25) is 4.90 Å². The van der Waals surface area contributed by atoms with Crippen LogP contribution in [0.4, 0.5) is 0 Å². The van der Waals surface area contributed by atoms with Crippen molar-refractivity contribution >= 4 is 24.7 Å². The van der Waals surface area contributed by atoms with Gasteiger partial charge in [-0.2, -0.15) is 0 Å². The van der Waals surface area contributed by atoms with E-state index < -0.39 is 8.24 Å². The number of fused-ring (bicyclic) bond motifs is 1. The molecule has 0 radical (unpaired) electrons. The second kappa shape index (κ2) is 8.64. The summed E-state index contributed by atoms with van der Waals surface area (Å²) >= 11 is 0. The van der Waals surface area contributed by atoms with Gasteiger partial charge >= 0.3 is 0 Å². The van der Waals surface area contributed by atoms with Crippen LogP contribution >= 0.6 is 0 Å². The van der Waals surface area contributed by atoms with Gasteiger partial charge in [-0.1, -0.05) is 96.1 Å². The fourth-order valence-electron chi connectivity index (χ4n) is 6.22. The molecule has 0 aromatic heterocycles. The standard InChI is InChI=1S/C31H38N2Si/c1-24-12-16-27(17-13-24)34(32-30(3,4)5,28-18-14-25(2)15-19-28)31(33-22-8-9-23-33)21-20-26-10-6-7-11-29(26)31/h6-7,10-21,32H,8-9,22-23H2,1-5H3. The van der Waals surface area contributed by atoms with E-state index in [1.165, 1.54) is 45.5 Å². The molecule has 1 N–H and O–H groups in total. The molecule has 1 aliphatic carbocycles. The minimum atomic E-state index is -2.67. The fraction of sp³-hybridized carbons (Fsp3) is 0.355. The van der Waals surface area contributed by atoms with Gasteiger partial charge in [-0.15, -0.1) is 0 Å². The van der Waals surface area contributed by atoms with Crippen LogP contribution in [0.3, 0.4) is 0 Å². The smallest absolute Gasteiger partial charge is 0.219 e. The van der Waals surface area contributed by atoms with Crippen LogP contribution in [0.25, 0.3) is 6.08 Å². The number of rotatable bonds is 5. The molecule has 1 unspecified atom stereocenters. The van der Waals surface area contributed by atoms with Crippen molar-refractivity contribution in [3.8, 4) is 0 Å². The van der Waals surface area contributed by atoms with Gasteiger partial charge in [0.2, 0.25) is 8.24 Å². The lowest BCUT2D eigenvalue weighted by molar-refractivity contribution is 0.236. The average molecular weight is 467 g/mol. The monoisotopic (exact) mass is 466 g/mol. The second-order valence-corrected chi connectivity index (χ2v) is 14.9. The van der Waals surface area contributed by atoms with Crippen LogP contribution in [0.1, 0.15) is 55.9 Å². The predicted molar refractivity (Wildman–Crippen MR) is 148 cm³/mol.